The summed E-state index contributed by atoms with van der Waals surface area (Å²) < 4.78 is 17.9. The summed E-state index contributed by atoms with van der Waals surface area (Å²) in [5.41, 5.74) is 9.37. The maximum atomic E-state index is 14.0. The molecule has 11 nitrogen and oxygen atoms in total. The van der Waals surface area contributed by atoms with Gasteiger partial charge >= 0.3 is 12.0 Å². The van der Waals surface area contributed by atoms with Gasteiger partial charge in [-0.3, -0.25) is 4.79 Å². The number of rotatable bonds is 8. The Balaban J connectivity index is 1.48. The molecule has 2 aliphatic heterocycles. The summed E-state index contributed by atoms with van der Waals surface area (Å²) in [6.07, 6.45) is 1.58. The molecule has 224 valence electrons. The number of nitrogens with two attached hydrogens (primary N) is 1. The highest BCUT2D eigenvalue weighted by Crippen LogP contribution is 2.33. The first-order valence-electron chi connectivity index (χ1n) is 14.1. The molecule has 3 amide bonds. The van der Waals surface area contributed by atoms with Gasteiger partial charge in [0.1, 0.15) is 30.2 Å². The van der Waals surface area contributed by atoms with Crippen molar-refractivity contribution in [3.05, 3.63) is 83.4 Å². The van der Waals surface area contributed by atoms with Gasteiger partial charge in [-0.1, -0.05) is 12.1 Å². The molecule has 43 heavy (non-hydrogen) atoms. The van der Waals surface area contributed by atoms with E-state index >= 15 is 0 Å². The second-order valence-electron chi connectivity index (χ2n) is 11.2. The maximum Gasteiger partial charge on any atom is 0.496 e. The number of nitrogens with one attached hydrogen (secondary N) is 1. The normalized spacial score (nSPS) is 19.3. The molecule has 3 aromatic rings. The van der Waals surface area contributed by atoms with Crippen molar-refractivity contribution in [1.82, 2.24) is 0 Å². The molecule has 11 heteroatoms. The molecular formula is C32H36N4O7+2. The number of primary amides is 1. The number of benzene rings is 3. The van der Waals surface area contributed by atoms with E-state index < -0.39 is 23.9 Å². The van der Waals surface area contributed by atoms with Crippen molar-refractivity contribution in [3.8, 4) is 17.2 Å². The lowest BCUT2D eigenvalue weighted by Gasteiger charge is -2.38. The van der Waals surface area contributed by atoms with Crippen molar-refractivity contribution in [2.24, 2.45) is 5.73 Å². The van der Waals surface area contributed by atoms with Crippen LogP contribution in [0, 0.1) is 0 Å². The summed E-state index contributed by atoms with van der Waals surface area (Å²) >= 11 is 0. The number of esters is 1. The molecule has 0 aromatic heterocycles. The SMILES string of the molecule is COC(=O)c1ccc(NC(=O)/[N+](=C2\CCC[N+](C)(Cc3ccc4c(c3)OCO4)C2)[C@@H](Cc2ccc(O)cc2)C(N)=O)cc1. The predicted molar refractivity (Wildman–Crippen MR) is 158 cm³/mol. The molecule has 2 atom stereocenters. The standard InChI is InChI=1S/C32H34N4O7/c1-36(18-22-7-14-28-29(17-22)43-20-42-28)15-3-4-25(19-36)35(27(30(33)38)16-21-5-12-26(37)13-6-21)32(40)34-24-10-8-23(9-11-24)31(39)41-2/h5-14,17,27H,3-4,15-16,18-20H2,1-2H3,(H2-2,33,34,37,38,39,40)/p+2/b35-25+/t27-,36?/m0/s1. The van der Waals surface area contributed by atoms with Crippen molar-refractivity contribution in [2.45, 2.75) is 31.8 Å². The molecule has 0 spiro atoms. The molecule has 5 rings (SSSR count). The second kappa shape index (κ2) is 12.5. The topological polar surface area (TPSA) is 140 Å². The highest BCUT2D eigenvalue weighted by atomic mass is 16.7. The van der Waals surface area contributed by atoms with Gasteiger partial charge in [0.05, 0.1) is 26.3 Å². The maximum absolute atomic E-state index is 14.0. The zero-order valence-corrected chi connectivity index (χ0v) is 24.2. The number of carbonyl (C=O) groups excluding carboxylic acids is 3. The van der Waals surface area contributed by atoms with Crippen LogP contribution in [-0.2, 0) is 22.5 Å². The number of anilines is 1. The fourth-order valence-electron chi connectivity index (χ4n) is 5.75. The Hall–Kier alpha value is -4.90. The fourth-order valence-corrected chi connectivity index (χ4v) is 5.75. The van der Waals surface area contributed by atoms with Crippen LogP contribution in [0.5, 0.6) is 17.2 Å². The minimum Gasteiger partial charge on any atom is -0.508 e. The van der Waals surface area contributed by atoms with Crippen molar-refractivity contribution >= 4 is 29.3 Å². The molecule has 2 heterocycles. The van der Waals surface area contributed by atoms with Crippen LogP contribution in [-0.4, -0.2) is 77.9 Å². The molecular weight excluding hydrogens is 552 g/mol. The number of fused-ring (bicyclic) bond motifs is 1. The molecule has 3 aromatic carbocycles. The van der Waals surface area contributed by atoms with E-state index in [0.29, 0.717) is 41.0 Å². The number of methoxy groups -OCH3 is 1. The molecule has 0 saturated carbocycles. The Kier molecular flexibility index (Phi) is 8.63. The number of aromatic hydroxyl groups is 1. The third-order valence-electron chi connectivity index (χ3n) is 7.85. The third-order valence-corrected chi connectivity index (χ3v) is 7.85. The highest BCUT2D eigenvalue weighted by Gasteiger charge is 2.39. The van der Waals surface area contributed by atoms with Crippen LogP contribution in [0.3, 0.4) is 0 Å². The Morgan fingerprint density at radius 2 is 1.72 bits per heavy atom. The molecule has 0 aliphatic carbocycles. The summed E-state index contributed by atoms with van der Waals surface area (Å²) in [5.74, 6) is 0.403. The number of phenols is 1. The van der Waals surface area contributed by atoms with Crippen LogP contribution in [0.4, 0.5) is 10.5 Å². The lowest BCUT2D eigenvalue weighted by molar-refractivity contribution is -0.918. The van der Waals surface area contributed by atoms with Gasteiger partial charge in [-0.05, 0) is 60.2 Å². The van der Waals surface area contributed by atoms with E-state index in [9.17, 15) is 19.5 Å². The number of nitrogens with zero attached hydrogens (tertiary/aromatic N) is 2. The van der Waals surface area contributed by atoms with Gasteiger partial charge in [0.15, 0.2) is 17.5 Å². The monoisotopic (exact) mass is 588 g/mol. The largest absolute Gasteiger partial charge is 0.508 e. The van der Waals surface area contributed by atoms with Crippen LogP contribution in [0.15, 0.2) is 66.7 Å². The number of hydrogen-bond donors (Lipinski definition) is 3. The van der Waals surface area contributed by atoms with Crippen molar-refractivity contribution in [3.63, 3.8) is 0 Å². The summed E-state index contributed by atoms with van der Waals surface area (Å²) in [6.45, 7) is 2.28. The zero-order valence-electron chi connectivity index (χ0n) is 24.2. The van der Waals surface area contributed by atoms with E-state index in [2.05, 4.69) is 12.4 Å². The molecule has 0 radical (unpaired) electrons. The molecule has 1 fully saturated rings. The van der Waals surface area contributed by atoms with Crippen LogP contribution in [0.2, 0.25) is 0 Å². The number of urea groups is 1. The number of quaternary nitrogens is 1. The van der Waals surface area contributed by atoms with Crippen molar-refractivity contribution in [1.29, 1.82) is 0 Å². The van der Waals surface area contributed by atoms with Crippen molar-refractivity contribution in [2.75, 3.05) is 39.4 Å². The molecule has 2 aliphatic rings. The lowest BCUT2D eigenvalue weighted by Crippen LogP contribution is -2.56. The zero-order chi connectivity index (χ0) is 30.6. The summed E-state index contributed by atoms with van der Waals surface area (Å²) in [6, 6.07) is 17.2. The van der Waals surface area contributed by atoms with E-state index in [1.165, 1.54) is 23.8 Å². The first kappa shape index (κ1) is 29.6. The Morgan fingerprint density at radius 1 is 1.02 bits per heavy atom. The van der Waals surface area contributed by atoms with Gasteiger partial charge in [-0.2, -0.15) is 9.37 Å². The number of likely N-dealkylation sites (tertiary alicyclic amines) is 1. The number of ether oxygens (including phenoxy) is 3. The van der Waals surface area contributed by atoms with E-state index in [-0.39, 0.29) is 19.0 Å². The summed E-state index contributed by atoms with van der Waals surface area (Å²) in [5, 5.41) is 12.6. The first-order chi connectivity index (χ1) is 20.6. The summed E-state index contributed by atoms with van der Waals surface area (Å²) in [7, 11) is 3.43. The number of carbonyl (C=O) groups is 3. The molecule has 1 saturated heterocycles. The number of amides is 3. The van der Waals surface area contributed by atoms with Crippen LogP contribution >= 0.6 is 0 Å². The van der Waals surface area contributed by atoms with Crippen LogP contribution in [0.25, 0.3) is 0 Å². The Labute approximate surface area is 249 Å². The number of piperidine rings is 1. The van der Waals surface area contributed by atoms with Gasteiger partial charge < -0.3 is 29.5 Å². The predicted octanol–water partition coefficient (Wildman–Crippen LogP) is 3.43. The fraction of sp³-hybridized carbons (Fsp3) is 0.312. The van der Waals surface area contributed by atoms with Crippen LogP contribution < -0.4 is 20.5 Å². The Bertz CT molecular complexity index is 1550. The van der Waals surface area contributed by atoms with E-state index in [1.807, 2.05) is 18.2 Å². The van der Waals surface area contributed by atoms with E-state index in [1.54, 1.807) is 36.4 Å². The Morgan fingerprint density at radius 3 is 2.42 bits per heavy atom. The average Bonchev–Trinajstić information content (AvgIpc) is 3.45. The van der Waals surface area contributed by atoms with E-state index in [0.717, 1.165) is 35.6 Å². The van der Waals surface area contributed by atoms with Gasteiger partial charge in [-0.25, -0.2) is 10.1 Å². The minimum absolute atomic E-state index is 0.0996. The molecule has 4 N–H and O–H groups in total. The number of hydrogen-bond acceptors (Lipinski definition) is 7. The van der Waals surface area contributed by atoms with Gasteiger partial charge in [0, 0.05) is 24.8 Å². The van der Waals surface area contributed by atoms with Gasteiger partial charge in [-0.15, -0.1) is 0 Å². The molecule has 1 unspecified atom stereocenters. The van der Waals surface area contributed by atoms with Gasteiger partial charge in [0.25, 0.3) is 5.91 Å². The van der Waals surface area contributed by atoms with Crippen LogP contribution in [0.1, 0.15) is 34.3 Å². The average molecular weight is 589 g/mol. The summed E-state index contributed by atoms with van der Waals surface area (Å²) in [4.78, 5) is 38.8. The lowest BCUT2D eigenvalue weighted by atomic mass is 10.0. The molecule has 0 bridgehead atoms. The third kappa shape index (κ3) is 6.95. The smallest absolute Gasteiger partial charge is 0.496 e. The quantitative estimate of drug-likeness (QED) is 0.208. The minimum atomic E-state index is -0.981. The van der Waals surface area contributed by atoms with Crippen molar-refractivity contribution < 1.29 is 42.8 Å². The van der Waals surface area contributed by atoms with E-state index in [4.69, 9.17) is 19.9 Å². The highest BCUT2D eigenvalue weighted by molar-refractivity contribution is 5.95. The number of phenolic OH excluding ortho intramolecular Hbond substituents is 1. The second-order valence-corrected chi connectivity index (χ2v) is 11.2. The first-order valence-corrected chi connectivity index (χ1v) is 14.1. The van der Waals surface area contributed by atoms with Gasteiger partial charge in [0.2, 0.25) is 6.79 Å².